The van der Waals surface area contributed by atoms with E-state index in [0.29, 0.717) is 12.1 Å². The highest BCUT2D eigenvalue weighted by Gasteiger charge is 2.09. The molecule has 0 bridgehead atoms. The molecular weight excluding hydrogens is 360 g/mol. The zero-order chi connectivity index (χ0) is 20.1. The second-order valence-electron chi connectivity index (χ2n) is 7.11. The number of benzene rings is 2. The Labute approximate surface area is 170 Å². The van der Waals surface area contributed by atoms with Crippen molar-refractivity contribution >= 4 is 22.6 Å². The maximum Gasteiger partial charge on any atom is 0.252 e. The number of H-pyrrole nitrogens is 1. The molecule has 1 amide bonds. The van der Waals surface area contributed by atoms with Gasteiger partial charge in [0, 0.05) is 43.4 Å². The van der Waals surface area contributed by atoms with Crippen LogP contribution < -0.4 is 10.2 Å². The smallest absolute Gasteiger partial charge is 0.252 e. The number of nitrogens with one attached hydrogen (secondary N) is 2. The molecule has 5 heteroatoms. The normalized spacial score (nSPS) is 10.8. The minimum Gasteiger partial charge on any atom is -0.361 e. The molecule has 146 valence electrons. The van der Waals surface area contributed by atoms with Gasteiger partial charge in [-0.15, -0.1) is 0 Å². The molecule has 4 rings (SSSR count). The van der Waals surface area contributed by atoms with Gasteiger partial charge in [-0.3, -0.25) is 4.79 Å². The van der Waals surface area contributed by atoms with Crippen LogP contribution >= 0.6 is 0 Å². The summed E-state index contributed by atoms with van der Waals surface area (Å²) in [6.45, 7) is 1.35. The van der Waals surface area contributed by atoms with Crippen molar-refractivity contribution in [2.75, 3.05) is 18.5 Å². The predicted octanol–water partition coefficient (Wildman–Crippen LogP) is 4.17. The van der Waals surface area contributed by atoms with Crippen LogP contribution in [0, 0.1) is 0 Å². The Bertz CT molecular complexity index is 1090. The molecule has 0 fully saturated rings. The van der Waals surface area contributed by atoms with E-state index < -0.39 is 0 Å². The van der Waals surface area contributed by atoms with Crippen LogP contribution in [0.2, 0.25) is 0 Å². The summed E-state index contributed by atoms with van der Waals surface area (Å²) in [4.78, 5) is 22.2. The molecule has 2 aromatic carbocycles. The monoisotopic (exact) mass is 384 g/mol. The third-order valence-electron chi connectivity index (χ3n) is 5.02. The summed E-state index contributed by atoms with van der Waals surface area (Å²) in [7, 11) is 2.00. The average Bonchev–Trinajstić information content (AvgIpc) is 3.18. The largest absolute Gasteiger partial charge is 0.361 e. The summed E-state index contributed by atoms with van der Waals surface area (Å²) in [5.41, 5.74) is 4.11. The van der Waals surface area contributed by atoms with Crippen molar-refractivity contribution in [3.8, 4) is 0 Å². The first-order valence-electron chi connectivity index (χ1n) is 9.75. The highest BCUT2D eigenvalue weighted by atomic mass is 16.1. The minimum atomic E-state index is -0.102. The SMILES string of the molecule is CN(Cc1ccccc1)c1ccc(C(=O)NCCc2c[nH]c3ccccc23)cn1. The van der Waals surface area contributed by atoms with Crippen LogP contribution in [0.1, 0.15) is 21.5 Å². The van der Waals surface area contributed by atoms with Gasteiger partial charge in [0.05, 0.1) is 5.56 Å². The van der Waals surface area contributed by atoms with Crippen molar-refractivity contribution < 1.29 is 4.79 Å². The van der Waals surface area contributed by atoms with Crippen LogP contribution in [0.25, 0.3) is 10.9 Å². The summed E-state index contributed by atoms with van der Waals surface area (Å²) in [6, 6.07) is 22.1. The first-order valence-corrected chi connectivity index (χ1v) is 9.75. The predicted molar refractivity (Wildman–Crippen MR) is 117 cm³/mol. The van der Waals surface area contributed by atoms with E-state index in [0.717, 1.165) is 24.3 Å². The zero-order valence-corrected chi connectivity index (χ0v) is 16.4. The molecule has 5 nitrogen and oxygen atoms in total. The summed E-state index contributed by atoms with van der Waals surface area (Å²) in [5, 5.41) is 4.19. The third kappa shape index (κ3) is 4.46. The lowest BCUT2D eigenvalue weighted by Crippen LogP contribution is -2.26. The van der Waals surface area contributed by atoms with E-state index in [4.69, 9.17) is 0 Å². The summed E-state index contributed by atoms with van der Waals surface area (Å²) >= 11 is 0. The maximum atomic E-state index is 12.4. The van der Waals surface area contributed by atoms with Gasteiger partial charge in [-0.1, -0.05) is 48.5 Å². The van der Waals surface area contributed by atoms with Crippen LogP contribution in [0.3, 0.4) is 0 Å². The van der Waals surface area contributed by atoms with Crippen LogP contribution in [0.5, 0.6) is 0 Å². The van der Waals surface area contributed by atoms with Gasteiger partial charge < -0.3 is 15.2 Å². The molecule has 0 saturated carbocycles. The lowest BCUT2D eigenvalue weighted by molar-refractivity contribution is 0.0954. The topological polar surface area (TPSA) is 61.0 Å². The van der Waals surface area contributed by atoms with Gasteiger partial charge in [-0.05, 0) is 35.7 Å². The van der Waals surface area contributed by atoms with Gasteiger partial charge in [0.25, 0.3) is 5.91 Å². The molecular formula is C24H24N4O. The Morgan fingerprint density at radius 1 is 1.03 bits per heavy atom. The number of rotatable bonds is 7. The van der Waals surface area contributed by atoms with Crippen LogP contribution in [-0.2, 0) is 13.0 Å². The van der Waals surface area contributed by atoms with Gasteiger partial charge in [0.15, 0.2) is 0 Å². The standard InChI is InChI=1S/C24H24N4O/c1-28(17-18-7-3-2-4-8-18)23-12-11-20(16-27-23)24(29)25-14-13-19-15-26-22-10-6-5-9-21(19)22/h2-12,15-16,26H,13-14,17H2,1H3,(H,25,29). The first kappa shape index (κ1) is 18.7. The summed E-state index contributed by atoms with van der Waals surface area (Å²) in [5.74, 6) is 0.735. The first-order chi connectivity index (χ1) is 14.2. The van der Waals surface area contributed by atoms with E-state index in [1.807, 2.05) is 55.7 Å². The number of pyridine rings is 1. The highest BCUT2D eigenvalue weighted by molar-refractivity contribution is 5.94. The number of aromatic amines is 1. The number of nitrogens with zero attached hydrogens (tertiary/aromatic N) is 2. The number of amides is 1. The molecule has 4 aromatic rings. The summed E-state index contributed by atoms with van der Waals surface area (Å²) in [6.07, 6.45) is 4.43. The zero-order valence-electron chi connectivity index (χ0n) is 16.4. The number of carbonyl (C=O) groups excluding carboxylic acids is 1. The van der Waals surface area contributed by atoms with Crippen LogP contribution in [-0.4, -0.2) is 29.5 Å². The van der Waals surface area contributed by atoms with E-state index >= 15 is 0 Å². The van der Waals surface area contributed by atoms with Crippen molar-refractivity contribution in [2.24, 2.45) is 0 Å². The van der Waals surface area contributed by atoms with Gasteiger partial charge in [0.2, 0.25) is 0 Å². The van der Waals surface area contributed by atoms with Crippen molar-refractivity contribution in [1.29, 1.82) is 0 Å². The molecule has 2 N–H and O–H groups in total. The lowest BCUT2D eigenvalue weighted by atomic mass is 10.1. The van der Waals surface area contributed by atoms with Crippen LogP contribution in [0.15, 0.2) is 79.1 Å². The van der Waals surface area contributed by atoms with Crippen molar-refractivity contribution in [3.05, 3.63) is 95.8 Å². The molecule has 2 aromatic heterocycles. The molecule has 0 radical (unpaired) electrons. The average molecular weight is 384 g/mol. The number of aromatic nitrogens is 2. The second-order valence-corrected chi connectivity index (χ2v) is 7.11. The van der Waals surface area contributed by atoms with E-state index in [1.54, 1.807) is 6.20 Å². The van der Waals surface area contributed by atoms with Crippen molar-refractivity contribution in [1.82, 2.24) is 15.3 Å². The van der Waals surface area contributed by atoms with E-state index in [2.05, 4.69) is 44.5 Å². The Hall–Kier alpha value is -3.60. The number of anilines is 1. The van der Waals surface area contributed by atoms with Crippen molar-refractivity contribution in [3.63, 3.8) is 0 Å². The van der Waals surface area contributed by atoms with Gasteiger partial charge >= 0.3 is 0 Å². The maximum absolute atomic E-state index is 12.4. The second kappa shape index (κ2) is 8.61. The molecule has 0 aliphatic heterocycles. The quantitative estimate of drug-likeness (QED) is 0.503. The summed E-state index contributed by atoms with van der Waals surface area (Å²) < 4.78 is 0. The fourth-order valence-corrected chi connectivity index (χ4v) is 3.44. The molecule has 29 heavy (non-hydrogen) atoms. The number of hydrogen-bond acceptors (Lipinski definition) is 3. The van der Waals surface area contributed by atoms with Gasteiger partial charge in [-0.25, -0.2) is 4.98 Å². The molecule has 0 atom stereocenters. The lowest BCUT2D eigenvalue weighted by Gasteiger charge is -2.18. The fraction of sp³-hybridized carbons (Fsp3) is 0.167. The number of carbonyl (C=O) groups is 1. The Morgan fingerprint density at radius 3 is 2.62 bits per heavy atom. The number of hydrogen-bond donors (Lipinski definition) is 2. The van der Waals surface area contributed by atoms with Gasteiger partial charge in [0.1, 0.15) is 5.82 Å². The van der Waals surface area contributed by atoms with Crippen molar-refractivity contribution in [2.45, 2.75) is 13.0 Å². The highest BCUT2D eigenvalue weighted by Crippen LogP contribution is 2.18. The number of fused-ring (bicyclic) bond motifs is 1. The Morgan fingerprint density at radius 2 is 1.83 bits per heavy atom. The van der Waals surface area contributed by atoms with E-state index in [9.17, 15) is 4.79 Å². The van der Waals surface area contributed by atoms with Gasteiger partial charge in [-0.2, -0.15) is 0 Å². The third-order valence-corrected chi connectivity index (χ3v) is 5.02. The molecule has 0 aliphatic carbocycles. The molecule has 0 unspecified atom stereocenters. The molecule has 0 spiro atoms. The molecule has 0 saturated heterocycles. The fourth-order valence-electron chi connectivity index (χ4n) is 3.44. The Kier molecular flexibility index (Phi) is 5.56. The van der Waals surface area contributed by atoms with E-state index in [-0.39, 0.29) is 5.91 Å². The van der Waals surface area contributed by atoms with Crippen LogP contribution in [0.4, 0.5) is 5.82 Å². The van der Waals surface area contributed by atoms with E-state index in [1.165, 1.54) is 16.5 Å². The number of para-hydroxylation sites is 1. The minimum absolute atomic E-state index is 0.102. The Balaban J connectivity index is 1.32. The molecule has 2 heterocycles. The molecule has 0 aliphatic rings.